The second-order valence-electron chi connectivity index (χ2n) is 6.08. The van der Waals surface area contributed by atoms with Gasteiger partial charge < -0.3 is 15.0 Å². The predicted molar refractivity (Wildman–Crippen MR) is 82.1 cm³/mol. The predicted octanol–water partition coefficient (Wildman–Crippen LogP) is 2.38. The largest absolute Gasteiger partial charge is 0.444 e. The van der Waals surface area contributed by atoms with Crippen molar-refractivity contribution in [2.24, 2.45) is 0 Å². The van der Waals surface area contributed by atoms with Gasteiger partial charge in [0.1, 0.15) is 5.60 Å². The second-order valence-corrected chi connectivity index (χ2v) is 6.08. The van der Waals surface area contributed by atoms with Crippen LogP contribution in [0.4, 0.5) is 4.79 Å². The summed E-state index contributed by atoms with van der Waals surface area (Å²) in [6.07, 6.45) is -0.519. The molecule has 1 aromatic carbocycles. The Morgan fingerprint density at radius 2 is 1.76 bits per heavy atom. The molecule has 2 amide bonds. The van der Waals surface area contributed by atoms with Crippen LogP contribution in [0, 0.1) is 0 Å². The Morgan fingerprint density at radius 1 is 1.19 bits per heavy atom. The average Bonchev–Trinajstić information content (AvgIpc) is 2.37. The first-order valence-electron chi connectivity index (χ1n) is 6.93. The lowest BCUT2D eigenvalue weighted by atomic mass is 9.98. The lowest BCUT2D eigenvalue weighted by molar-refractivity contribution is -0.130. The first kappa shape index (κ1) is 17.0. The van der Waals surface area contributed by atoms with Crippen molar-refractivity contribution in [3.63, 3.8) is 0 Å². The third kappa shape index (κ3) is 5.85. The van der Waals surface area contributed by atoms with Crippen molar-refractivity contribution >= 4 is 12.0 Å². The van der Waals surface area contributed by atoms with Gasteiger partial charge in [-0.25, -0.2) is 4.79 Å². The van der Waals surface area contributed by atoms with E-state index in [1.807, 2.05) is 30.3 Å². The summed E-state index contributed by atoms with van der Waals surface area (Å²) in [7, 11) is 3.40. The van der Waals surface area contributed by atoms with Crippen LogP contribution in [0.5, 0.6) is 0 Å². The molecule has 0 aromatic heterocycles. The molecule has 0 aliphatic carbocycles. The van der Waals surface area contributed by atoms with Gasteiger partial charge in [0.2, 0.25) is 5.91 Å². The number of rotatable bonds is 4. The van der Waals surface area contributed by atoms with Crippen LogP contribution in [0.25, 0.3) is 0 Å². The van der Waals surface area contributed by atoms with E-state index >= 15 is 0 Å². The highest BCUT2D eigenvalue weighted by Crippen LogP contribution is 2.17. The average molecular weight is 292 g/mol. The van der Waals surface area contributed by atoms with E-state index in [0.717, 1.165) is 5.56 Å². The van der Waals surface area contributed by atoms with E-state index in [-0.39, 0.29) is 12.5 Å². The number of ether oxygens (including phenoxy) is 1. The molecular weight excluding hydrogens is 268 g/mol. The summed E-state index contributed by atoms with van der Waals surface area (Å²) in [6.45, 7) is 5.60. The molecule has 5 heteroatoms. The van der Waals surface area contributed by atoms with Crippen molar-refractivity contribution in [2.75, 3.05) is 20.6 Å². The van der Waals surface area contributed by atoms with Crippen molar-refractivity contribution in [1.29, 1.82) is 0 Å². The fourth-order valence-corrected chi connectivity index (χ4v) is 1.84. The summed E-state index contributed by atoms with van der Waals surface area (Å²) in [5, 5.41) is 2.66. The zero-order valence-corrected chi connectivity index (χ0v) is 13.3. The maximum absolute atomic E-state index is 12.3. The Morgan fingerprint density at radius 3 is 2.24 bits per heavy atom. The van der Waals surface area contributed by atoms with Crippen LogP contribution in [0.1, 0.15) is 32.3 Å². The number of benzene rings is 1. The van der Waals surface area contributed by atoms with Gasteiger partial charge in [-0.3, -0.25) is 4.79 Å². The zero-order chi connectivity index (χ0) is 16.0. The Kier molecular flexibility index (Phi) is 5.76. The highest BCUT2D eigenvalue weighted by atomic mass is 16.6. The monoisotopic (exact) mass is 292 g/mol. The molecule has 1 N–H and O–H groups in total. The third-order valence-corrected chi connectivity index (χ3v) is 2.79. The van der Waals surface area contributed by atoms with E-state index in [1.165, 1.54) is 4.90 Å². The van der Waals surface area contributed by atoms with Crippen molar-refractivity contribution < 1.29 is 14.3 Å². The number of carbonyl (C=O) groups excluding carboxylic acids is 2. The summed E-state index contributed by atoms with van der Waals surface area (Å²) in [4.78, 5) is 25.5. The number of alkyl carbamates (subject to hydrolysis) is 1. The normalized spacial score (nSPS) is 12.4. The second kappa shape index (κ2) is 7.11. The molecule has 1 unspecified atom stereocenters. The maximum Gasteiger partial charge on any atom is 0.407 e. The summed E-state index contributed by atoms with van der Waals surface area (Å²) in [6, 6.07) is 9.39. The van der Waals surface area contributed by atoms with Gasteiger partial charge in [-0.2, -0.15) is 0 Å². The van der Waals surface area contributed by atoms with Crippen molar-refractivity contribution in [1.82, 2.24) is 10.2 Å². The molecule has 0 aliphatic heterocycles. The molecule has 0 aliphatic rings. The molecule has 21 heavy (non-hydrogen) atoms. The van der Waals surface area contributed by atoms with E-state index in [9.17, 15) is 9.59 Å². The lowest BCUT2D eigenvalue weighted by Crippen LogP contribution is -2.39. The summed E-state index contributed by atoms with van der Waals surface area (Å²) < 4.78 is 5.19. The molecular formula is C16H24N2O3. The van der Waals surface area contributed by atoms with Crippen LogP contribution in [-0.2, 0) is 9.53 Å². The lowest BCUT2D eigenvalue weighted by Gasteiger charge is -2.23. The number of nitrogens with one attached hydrogen (secondary N) is 1. The standard InChI is InChI=1S/C16H24N2O3/c1-16(2,3)21-15(20)17-11-13(14(19)18(4)5)12-9-7-6-8-10-12/h6-10,13H,11H2,1-5H3,(H,17,20). The molecule has 0 radical (unpaired) electrons. The van der Waals surface area contributed by atoms with Crippen LogP contribution in [0.2, 0.25) is 0 Å². The number of nitrogens with zero attached hydrogens (tertiary/aromatic N) is 1. The van der Waals surface area contributed by atoms with Gasteiger partial charge >= 0.3 is 6.09 Å². The van der Waals surface area contributed by atoms with Gasteiger partial charge in [0.05, 0.1) is 5.92 Å². The highest BCUT2D eigenvalue weighted by molar-refractivity contribution is 5.84. The quantitative estimate of drug-likeness (QED) is 0.927. The van der Waals surface area contributed by atoms with E-state index < -0.39 is 17.6 Å². The number of carbonyl (C=O) groups is 2. The topological polar surface area (TPSA) is 58.6 Å². The minimum absolute atomic E-state index is 0.0581. The molecule has 0 heterocycles. The maximum atomic E-state index is 12.3. The van der Waals surface area contributed by atoms with Gasteiger partial charge in [0.25, 0.3) is 0 Å². The van der Waals surface area contributed by atoms with Crippen LogP contribution in [0.15, 0.2) is 30.3 Å². The van der Waals surface area contributed by atoms with Crippen LogP contribution >= 0.6 is 0 Å². The summed E-state index contributed by atoms with van der Waals surface area (Å²) >= 11 is 0. The number of hydrogen-bond donors (Lipinski definition) is 1. The number of hydrogen-bond acceptors (Lipinski definition) is 3. The van der Waals surface area contributed by atoms with E-state index in [0.29, 0.717) is 0 Å². The Bertz CT molecular complexity index is 478. The Hall–Kier alpha value is -2.04. The molecule has 1 aromatic rings. The van der Waals surface area contributed by atoms with Crippen molar-refractivity contribution in [2.45, 2.75) is 32.3 Å². The molecule has 5 nitrogen and oxygen atoms in total. The van der Waals surface area contributed by atoms with Crippen molar-refractivity contribution in [3.8, 4) is 0 Å². The highest BCUT2D eigenvalue weighted by Gasteiger charge is 2.24. The van der Waals surface area contributed by atoms with Crippen molar-refractivity contribution in [3.05, 3.63) is 35.9 Å². The fourth-order valence-electron chi connectivity index (χ4n) is 1.84. The van der Waals surface area contributed by atoms with Gasteiger partial charge in [-0.15, -0.1) is 0 Å². The van der Waals surface area contributed by atoms with Gasteiger partial charge in [0, 0.05) is 20.6 Å². The molecule has 0 saturated heterocycles. The SMILES string of the molecule is CN(C)C(=O)C(CNC(=O)OC(C)(C)C)c1ccccc1. The molecule has 0 fully saturated rings. The molecule has 116 valence electrons. The molecule has 1 atom stereocenters. The smallest absolute Gasteiger partial charge is 0.407 e. The molecule has 0 bridgehead atoms. The minimum Gasteiger partial charge on any atom is -0.444 e. The van der Waals surface area contributed by atoms with Gasteiger partial charge in [-0.05, 0) is 26.3 Å². The summed E-state index contributed by atoms with van der Waals surface area (Å²) in [5.41, 5.74) is 0.310. The Labute approximate surface area is 126 Å². The van der Waals surface area contributed by atoms with Gasteiger partial charge in [-0.1, -0.05) is 30.3 Å². The van der Waals surface area contributed by atoms with Crippen LogP contribution in [0.3, 0.4) is 0 Å². The number of amides is 2. The van der Waals surface area contributed by atoms with Crippen LogP contribution < -0.4 is 5.32 Å². The number of likely N-dealkylation sites (N-methyl/N-ethyl adjacent to an activating group) is 1. The first-order valence-corrected chi connectivity index (χ1v) is 6.93. The van der Waals surface area contributed by atoms with E-state index in [2.05, 4.69) is 5.32 Å². The fraction of sp³-hybridized carbons (Fsp3) is 0.500. The van der Waals surface area contributed by atoms with Gasteiger partial charge in [0.15, 0.2) is 0 Å². The molecule has 0 saturated carbocycles. The van der Waals surface area contributed by atoms with Crippen LogP contribution in [-0.4, -0.2) is 43.1 Å². The third-order valence-electron chi connectivity index (χ3n) is 2.79. The first-order chi connectivity index (χ1) is 9.70. The zero-order valence-electron chi connectivity index (χ0n) is 13.3. The Balaban J connectivity index is 2.76. The summed E-state index contributed by atoms with van der Waals surface area (Å²) in [5.74, 6) is -0.481. The molecule has 0 spiro atoms. The van der Waals surface area contributed by atoms with E-state index in [1.54, 1.807) is 34.9 Å². The van der Waals surface area contributed by atoms with E-state index in [4.69, 9.17) is 4.74 Å². The minimum atomic E-state index is -0.558. The molecule has 1 rings (SSSR count).